The lowest BCUT2D eigenvalue weighted by atomic mass is 9.71. The lowest BCUT2D eigenvalue weighted by Gasteiger charge is -2.43. The molecule has 26 heavy (non-hydrogen) atoms. The predicted octanol–water partition coefficient (Wildman–Crippen LogP) is 6.53. The number of hydrogen-bond acceptors (Lipinski definition) is 2. The van der Waals surface area contributed by atoms with Crippen LogP contribution in [0.25, 0.3) is 0 Å². The van der Waals surface area contributed by atoms with E-state index in [1.807, 2.05) is 18.2 Å². The summed E-state index contributed by atoms with van der Waals surface area (Å²) in [5.41, 5.74) is 3.54. The number of carbonyl (C=O) groups excluding carboxylic acids is 1. The molecule has 2 aliphatic rings. The van der Waals surface area contributed by atoms with Gasteiger partial charge in [0.05, 0.1) is 5.76 Å². The zero-order valence-electron chi connectivity index (χ0n) is 17.3. The summed E-state index contributed by atoms with van der Waals surface area (Å²) in [7, 11) is -1.90. The molecule has 0 aromatic heterocycles. The Kier molecular flexibility index (Phi) is 5.22. The average Bonchev–Trinajstić information content (AvgIpc) is 2.56. The van der Waals surface area contributed by atoms with Crippen LogP contribution in [0.5, 0.6) is 0 Å². The summed E-state index contributed by atoms with van der Waals surface area (Å²) >= 11 is 0. The molecule has 1 aromatic carbocycles. The molecule has 3 heteroatoms. The lowest BCUT2D eigenvalue weighted by Crippen LogP contribution is -2.43. The Balaban J connectivity index is 1.91. The van der Waals surface area contributed by atoms with Crippen molar-refractivity contribution in [2.75, 3.05) is 0 Å². The summed E-state index contributed by atoms with van der Waals surface area (Å²) in [6, 6.07) is 8.16. The molecule has 2 atom stereocenters. The minimum absolute atomic E-state index is 0.0833. The molecule has 2 aliphatic carbocycles. The molecular formula is C23H34O2Si. The molecule has 3 rings (SSSR count). The van der Waals surface area contributed by atoms with Crippen molar-refractivity contribution >= 4 is 14.1 Å². The van der Waals surface area contributed by atoms with Gasteiger partial charge >= 0.3 is 0 Å². The summed E-state index contributed by atoms with van der Waals surface area (Å²) in [5.74, 6) is 1.85. The lowest BCUT2D eigenvalue weighted by molar-refractivity contribution is 0.0826. The smallest absolute Gasteiger partial charge is 0.250 e. The Bertz CT molecular complexity index is 724. The molecule has 0 radical (unpaired) electrons. The van der Waals surface area contributed by atoms with Crippen molar-refractivity contribution in [1.82, 2.24) is 0 Å². The van der Waals surface area contributed by atoms with Gasteiger partial charge < -0.3 is 4.43 Å². The number of aryl methyl sites for hydroxylation is 1. The van der Waals surface area contributed by atoms with Gasteiger partial charge in [-0.3, -0.25) is 4.79 Å². The number of ketones is 1. The van der Waals surface area contributed by atoms with Crippen molar-refractivity contribution in [3.05, 3.63) is 46.7 Å². The maximum Gasteiger partial charge on any atom is 0.250 e. The minimum Gasteiger partial charge on any atom is -0.546 e. The SMILES string of the molecule is CC1=C(O[Si](C)(C)C(C)(C)C)C(C2CCc3ccccc3C2=O)CCC1. The van der Waals surface area contributed by atoms with Gasteiger partial charge in [0.2, 0.25) is 8.32 Å². The summed E-state index contributed by atoms with van der Waals surface area (Å²) < 4.78 is 6.82. The molecule has 0 fully saturated rings. The summed E-state index contributed by atoms with van der Waals surface area (Å²) in [4.78, 5) is 13.3. The summed E-state index contributed by atoms with van der Waals surface area (Å²) in [6.07, 6.45) is 5.33. The van der Waals surface area contributed by atoms with Crippen LogP contribution >= 0.6 is 0 Å². The molecule has 0 bridgehead atoms. The Morgan fingerprint density at radius 1 is 1.04 bits per heavy atom. The van der Waals surface area contributed by atoms with Crippen molar-refractivity contribution < 1.29 is 9.22 Å². The summed E-state index contributed by atoms with van der Waals surface area (Å²) in [6.45, 7) is 13.7. The van der Waals surface area contributed by atoms with Gasteiger partial charge in [-0.05, 0) is 68.3 Å². The van der Waals surface area contributed by atoms with Gasteiger partial charge in [-0.15, -0.1) is 0 Å². The molecule has 1 aromatic rings. The molecule has 0 N–H and O–H groups in total. The first-order valence-electron chi connectivity index (χ1n) is 10.1. The topological polar surface area (TPSA) is 26.3 Å². The van der Waals surface area contributed by atoms with E-state index in [2.05, 4.69) is 46.9 Å². The van der Waals surface area contributed by atoms with Crippen LogP contribution in [0.15, 0.2) is 35.6 Å². The highest BCUT2D eigenvalue weighted by molar-refractivity contribution is 6.74. The third kappa shape index (κ3) is 3.55. The van der Waals surface area contributed by atoms with Gasteiger partial charge in [-0.1, -0.05) is 45.0 Å². The third-order valence-electron chi connectivity index (χ3n) is 6.83. The second-order valence-electron chi connectivity index (χ2n) is 9.67. The van der Waals surface area contributed by atoms with Crippen molar-refractivity contribution in [2.24, 2.45) is 11.8 Å². The molecule has 0 saturated heterocycles. The van der Waals surface area contributed by atoms with Crippen molar-refractivity contribution in [3.8, 4) is 0 Å². The van der Waals surface area contributed by atoms with Crippen LogP contribution in [0.3, 0.4) is 0 Å². The van der Waals surface area contributed by atoms with E-state index in [0.29, 0.717) is 5.78 Å². The van der Waals surface area contributed by atoms with Crippen molar-refractivity contribution in [3.63, 3.8) is 0 Å². The number of Topliss-reactive ketones (excluding diaryl/α,β-unsaturated/α-hetero) is 1. The van der Waals surface area contributed by atoms with Crippen LogP contribution in [0.1, 0.15) is 69.3 Å². The Hall–Kier alpha value is -1.35. The fraction of sp³-hybridized carbons (Fsp3) is 0.609. The van der Waals surface area contributed by atoms with E-state index >= 15 is 0 Å². The van der Waals surface area contributed by atoms with Gasteiger partial charge in [0.15, 0.2) is 5.78 Å². The fourth-order valence-electron chi connectivity index (χ4n) is 4.14. The first-order valence-corrected chi connectivity index (χ1v) is 13.0. The highest BCUT2D eigenvalue weighted by atomic mass is 28.4. The van der Waals surface area contributed by atoms with Crippen LogP contribution in [0.2, 0.25) is 18.1 Å². The van der Waals surface area contributed by atoms with E-state index in [9.17, 15) is 4.79 Å². The molecule has 0 heterocycles. The molecule has 0 saturated carbocycles. The number of carbonyl (C=O) groups is 1. The van der Waals surface area contributed by atoms with Gasteiger partial charge in [0.1, 0.15) is 0 Å². The molecule has 0 spiro atoms. The van der Waals surface area contributed by atoms with E-state index in [4.69, 9.17) is 4.43 Å². The second kappa shape index (κ2) is 6.99. The number of hydrogen-bond donors (Lipinski definition) is 0. The fourth-order valence-corrected chi connectivity index (χ4v) is 5.32. The van der Waals surface area contributed by atoms with Gasteiger partial charge in [-0.2, -0.15) is 0 Å². The molecule has 2 unspecified atom stereocenters. The van der Waals surface area contributed by atoms with Crippen LogP contribution < -0.4 is 0 Å². The van der Waals surface area contributed by atoms with Crippen LogP contribution in [-0.2, 0) is 10.8 Å². The number of rotatable bonds is 3. The normalized spacial score (nSPS) is 24.5. The zero-order valence-corrected chi connectivity index (χ0v) is 18.3. The van der Waals surface area contributed by atoms with E-state index in [0.717, 1.165) is 31.2 Å². The highest BCUT2D eigenvalue weighted by Gasteiger charge is 2.44. The molecule has 0 amide bonds. The highest BCUT2D eigenvalue weighted by Crippen LogP contribution is 2.45. The zero-order chi connectivity index (χ0) is 19.1. The van der Waals surface area contributed by atoms with Crippen LogP contribution in [-0.4, -0.2) is 14.1 Å². The van der Waals surface area contributed by atoms with Crippen molar-refractivity contribution in [2.45, 2.75) is 77.9 Å². The number of allylic oxidation sites excluding steroid dienone is 2. The standard InChI is InChI=1S/C23H34O2Si/c1-16-10-9-13-20(22(16)25-26(5,6)23(2,3)4)19-15-14-17-11-7-8-12-18(17)21(19)24/h7-8,11-12,19-20H,9-10,13-15H2,1-6H3. The second-order valence-corrected chi connectivity index (χ2v) is 14.4. The van der Waals surface area contributed by atoms with Crippen LogP contribution in [0, 0.1) is 11.8 Å². The van der Waals surface area contributed by atoms with Crippen LogP contribution in [0.4, 0.5) is 0 Å². The molecule has 0 aliphatic heterocycles. The molecule has 142 valence electrons. The Labute approximate surface area is 160 Å². The average molecular weight is 371 g/mol. The number of benzene rings is 1. The van der Waals surface area contributed by atoms with E-state index in [-0.39, 0.29) is 16.9 Å². The largest absolute Gasteiger partial charge is 0.546 e. The van der Waals surface area contributed by atoms with Crippen molar-refractivity contribution in [1.29, 1.82) is 0 Å². The third-order valence-corrected chi connectivity index (χ3v) is 11.2. The maximum absolute atomic E-state index is 13.3. The monoisotopic (exact) mass is 370 g/mol. The quantitative estimate of drug-likeness (QED) is 0.566. The Morgan fingerprint density at radius 3 is 2.42 bits per heavy atom. The van der Waals surface area contributed by atoms with E-state index in [1.165, 1.54) is 23.3 Å². The van der Waals surface area contributed by atoms with Gasteiger partial charge in [0.25, 0.3) is 0 Å². The maximum atomic E-state index is 13.3. The number of fused-ring (bicyclic) bond motifs is 1. The van der Waals surface area contributed by atoms with E-state index < -0.39 is 8.32 Å². The van der Waals surface area contributed by atoms with E-state index in [1.54, 1.807) is 0 Å². The van der Waals surface area contributed by atoms with Gasteiger partial charge in [-0.25, -0.2) is 0 Å². The Morgan fingerprint density at radius 2 is 1.73 bits per heavy atom. The minimum atomic E-state index is -1.90. The molecular weight excluding hydrogens is 336 g/mol. The van der Waals surface area contributed by atoms with Gasteiger partial charge in [0, 0.05) is 17.4 Å². The first-order chi connectivity index (χ1) is 12.1. The summed E-state index contributed by atoms with van der Waals surface area (Å²) in [5, 5.41) is 0.172. The first kappa shape index (κ1) is 19.4. The predicted molar refractivity (Wildman–Crippen MR) is 111 cm³/mol. The molecule has 2 nitrogen and oxygen atoms in total.